The van der Waals surface area contributed by atoms with Gasteiger partial charge in [0.25, 0.3) is 0 Å². The summed E-state index contributed by atoms with van der Waals surface area (Å²) in [5.41, 5.74) is 2.74. The molecule has 1 unspecified atom stereocenters. The Morgan fingerprint density at radius 2 is 2.16 bits per heavy atom. The van der Waals surface area contributed by atoms with Crippen molar-refractivity contribution in [1.82, 2.24) is 4.90 Å². The lowest BCUT2D eigenvalue weighted by Gasteiger charge is -2.25. The number of carbonyl (C=O) groups excluding carboxylic acids is 1. The van der Waals surface area contributed by atoms with E-state index in [1.54, 1.807) is 18.9 Å². The lowest BCUT2D eigenvalue weighted by Crippen LogP contribution is -2.34. The molecule has 1 aliphatic rings. The van der Waals surface area contributed by atoms with Crippen LogP contribution < -0.4 is 10.1 Å². The van der Waals surface area contributed by atoms with Gasteiger partial charge in [-0.1, -0.05) is 23.7 Å². The topological polar surface area (TPSA) is 41.6 Å². The molecule has 1 N–H and O–H groups in total. The number of carbonyl (C=O) groups is 1. The Morgan fingerprint density at radius 3 is 2.84 bits per heavy atom. The molecule has 2 amide bonds. The fourth-order valence-corrected chi connectivity index (χ4v) is 4.79. The van der Waals surface area contributed by atoms with Crippen molar-refractivity contribution >= 4 is 51.0 Å². The highest BCUT2D eigenvalue weighted by Gasteiger charge is 2.31. The maximum Gasteiger partial charge on any atom is 0.323 e. The zero-order valence-corrected chi connectivity index (χ0v) is 17.0. The summed E-state index contributed by atoms with van der Waals surface area (Å²) < 4.78 is 6.15. The highest BCUT2D eigenvalue weighted by atomic mass is 79.9. The summed E-state index contributed by atoms with van der Waals surface area (Å²) in [6.07, 6.45) is 0. The second kappa shape index (κ2) is 7.89. The molecular weight excluding hydrogens is 424 g/mol. The highest BCUT2D eigenvalue weighted by Crippen LogP contribution is 2.40. The van der Waals surface area contributed by atoms with E-state index in [2.05, 4.69) is 21.2 Å². The van der Waals surface area contributed by atoms with E-state index in [1.807, 2.05) is 48.2 Å². The molecule has 1 atom stereocenters. The number of ether oxygens (including phenoxy) is 1. The van der Waals surface area contributed by atoms with E-state index in [-0.39, 0.29) is 11.4 Å². The first-order chi connectivity index (χ1) is 12.0. The molecular formula is C18H18BrClN2O2S. The molecule has 1 fully saturated rings. The third-order valence-electron chi connectivity index (χ3n) is 3.98. The van der Waals surface area contributed by atoms with E-state index in [4.69, 9.17) is 16.3 Å². The Kier molecular flexibility index (Phi) is 5.81. The van der Waals surface area contributed by atoms with Crippen molar-refractivity contribution in [2.24, 2.45) is 0 Å². The quantitative estimate of drug-likeness (QED) is 0.664. The fourth-order valence-electron chi connectivity index (χ4n) is 2.70. The maximum absolute atomic E-state index is 12.8. The van der Waals surface area contributed by atoms with Crippen LogP contribution in [0.25, 0.3) is 0 Å². The van der Waals surface area contributed by atoms with Crippen molar-refractivity contribution in [3.63, 3.8) is 0 Å². The van der Waals surface area contributed by atoms with Crippen LogP contribution in [0.1, 0.15) is 16.5 Å². The second-order valence-corrected chi connectivity index (χ2v) is 8.17. The Bertz CT molecular complexity index is 803. The fraction of sp³-hybridized carbons (Fsp3) is 0.278. The van der Waals surface area contributed by atoms with Gasteiger partial charge in [0.1, 0.15) is 11.1 Å². The van der Waals surface area contributed by atoms with Crippen LogP contribution in [0.5, 0.6) is 5.75 Å². The average Bonchev–Trinajstić information content (AvgIpc) is 3.07. The first-order valence-electron chi connectivity index (χ1n) is 7.78. The summed E-state index contributed by atoms with van der Waals surface area (Å²) in [4.78, 5) is 14.6. The van der Waals surface area contributed by atoms with E-state index >= 15 is 0 Å². The number of amides is 2. The number of anilines is 1. The summed E-state index contributed by atoms with van der Waals surface area (Å²) in [7, 11) is 1.63. The van der Waals surface area contributed by atoms with Gasteiger partial charge in [0.05, 0.1) is 22.3 Å². The molecule has 7 heteroatoms. The number of rotatable bonds is 3. The number of urea groups is 1. The van der Waals surface area contributed by atoms with Crippen molar-refractivity contribution < 1.29 is 9.53 Å². The van der Waals surface area contributed by atoms with Gasteiger partial charge in [0.2, 0.25) is 0 Å². The van der Waals surface area contributed by atoms with Crippen LogP contribution in [-0.2, 0) is 0 Å². The summed E-state index contributed by atoms with van der Waals surface area (Å²) in [5, 5.41) is 3.43. The van der Waals surface area contributed by atoms with Crippen LogP contribution in [0.3, 0.4) is 0 Å². The zero-order chi connectivity index (χ0) is 18.0. The molecule has 0 saturated carbocycles. The number of nitrogens with one attached hydrogen (secondary N) is 1. The number of hydrogen-bond donors (Lipinski definition) is 1. The molecule has 0 aliphatic carbocycles. The van der Waals surface area contributed by atoms with Gasteiger partial charge in [-0.25, -0.2) is 4.79 Å². The number of methoxy groups -OCH3 is 1. The van der Waals surface area contributed by atoms with Crippen LogP contribution in [0.2, 0.25) is 5.02 Å². The summed E-state index contributed by atoms with van der Waals surface area (Å²) >= 11 is 11.5. The molecule has 0 radical (unpaired) electrons. The first-order valence-corrected chi connectivity index (χ1v) is 10.0. The Labute approximate surface area is 165 Å². The number of nitrogens with zero attached hydrogens (tertiary/aromatic N) is 1. The van der Waals surface area contributed by atoms with E-state index in [0.29, 0.717) is 17.3 Å². The summed E-state index contributed by atoms with van der Waals surface area (Å²) in [5.74, 6) is 1.66. The van der Waals surface area contributed by atoms with E-state index in [9.17, 15) is 4.79 Å². The number of thioether (sulfide) groups is 1. The first kappa shape index (κ1) is 18.4. The van der Waals surface area contributed by atoms with Gasteiger partial charge in [-0.15, -0.1) is 11.8 Å². The van der Waals surface area contributed by atoms with Crippen molar-refractivity contribution in [3.05, 3.63) is 57.0 Å². The summed E-state index contributed by atoms with van der Waals surface area (Å²) in [6.45, 7) is 2.65. The standard InChI is InChI=1S/C18H18BrClN2O2S/c1-11-3-5-15(14(20)9-11)21-18(23)22-7-8-25-17(22)12-4-6-16(24-2)13(19)10-12/h3-6,9-10,17H,7-8H2,1-2H3,(H,21,23). The zero-order valence-electron chi connectivity index (χ0n) is 13.9. The van der Waals surface area contributed by atoms with Crippen LogP contribution in [-0.4, -0.2) is 30.3 Å². The van der Waals surface area contributed by atoms with Gasteiger partial charge in [0.15, 0.2) is 0 Å². The van der Waals surface area contributed by atoms with Crippen LogP contribution in [0.15, 0.2) is 40.9 Å². The third-order valence-corrected chi connectivity index (χ3v) is 6.17. The van der Waals surface area contributed by atoms with Gasteiger partial charge < -0.3 is 15.0 Å². The number of aryl methyl sites for hydroxylation is 1. The lowest BCUT2D eigenvalue weighted by molar-refractivity contribution is 0.214. The van der Waals surface area contributed by atoms with Gasteiger partial charge >= 0.3 is 6.03 Å². The van der Waals surface area contributed by atoms with Gasteiger partial charge in [-0.05, 0) is 58.2 Å². The molecule has 0 aromatic heterocycles. The largest absolute Gasteiger partial charge is 0.496 e. The van der Waals surface area contributed by atoms with Gasteiger partial charge in [0, 0.05) is 12.3 Å². The van der Waals surface area contributed by atoms with Gasteiger partial charge in [-0.3, -0.25) is 0 Å². The number of benzene rings is 2. The minimum absolute atomic E-state index is 0.0357. The summed E-state index contributed by atoms with van der Waals surface area (Å²) in [6, 6.07) is 11.4. The normalized spacial score (nSPS) is 16.8. The van der Waals surface area contributed by atoms with E-state index in [0.717, 1.165) is 27.1 Å². The molecule has 4 nitrogen and oxygen atoms in total. The minimum Gasteiger partial charge on any atom is -0.496 e. The lowest BCUT2D eigenvalue weighted by atomic mass is 10.2. The van der Waals surface area contributed by atoms with Crippen LogP contribution >= 0.6 is 39.3 Å². The van der Waals surface area contributed by atoms with Gasteiger partial charge in [-0.2, -0.15) is 0 Å². The Balaban J connectivity index is 1.78. The molecule has 1 heterocycles. The monoisotopic (exact) mass is 440 g/mol. The molecule has 0 bridgehead atoms. The molecule has 3 rings (SSSR count). The SMILES string of the molecule is COc1ccc(C2SCCN2C(=O)Nc2ccc(C)cc2Cl)cc1Br. The smallest absolute Gasteiger partial charge is 0.323 e. The molecule has 1 aliphatic heterocycles. The van der Waals surface area contributed by atoms with Crippen LogP contribution in [0, 0.1) is 6.92 Å². The second-order valence-electron chi connectivity index (χ2n) is 5.72. The highest BCUT2D eigenvalue weighted by molar-refractivity contribution is 9.10. The van der Waals surface area contributed by atoms with Crippen molar-refractivity contribution in [1.29, 1.82) is 0 Å². The molecule has 0 spiro atoms. The Morgan fingerprint density at radius 1 is 1.36 bits per heavy atom. The molecule has 2 aromatic rings. The van der Waals surface area contributed by atoms with E-state index in [1.165, 1.54) is 0 Å². The predicted molar refractivity (Wildman–Crippen MR) is 108 cm³/mol. The van der Waals surface area contributed by atoms with Crippen LogP contribution in [0.4, 0.5) is 10.5 Å². The van der Waals surface area contributed by atoms with Crippen molar-refractivity contribution in [2.45, 2.75) is 12.3 Å². The van der Waals surface area contributed by atoms with E-state index < -0.39 is 0 Å². The van der Waals surface area contributed by atoms with Crippen molar-refractivity contribution in [2.75, 3.05) is 24.7 Å². The predicted octanol–water partition coefficient (Wildman–Crippen LogP) is 5.70. The average molecular weight is 442 g/mol. The Hall–Kier alpha value is -1.37. The third kappa shape index (κ3) is 4.07. The number of hydrogen-bond acceptors (Lipinski definition) is 3. The molecule has 25 heavy (non-hydrogen) atoms. The minimum atomic E-state index is -0.146. The molecule has 1 saturated heterocycles. The molecule has 2 aromatic carbocycles. The van der Waals surface area contributed by atoms with Crippen molar-refractivity contribution in [3.8, 4) is 5.75 Å². The maximum atomic E-state index is 12.8. The number of halogens is 2. The molecule has 132 valence electrons.